The summed E-state index contributed by atoms with van der Waals surface area (Å²) in [6.45, 7) is 6.50. The second-order valence-electron chi connectivity index (χ2n) is 19.2. The van der Waals surface area contributed by atoms with Crippen molar-refractivity contribution in [1.82, 2.24) is 0 Å². The molecule has 0 aliphatic heterocycles. The Kier molecular flexibility index (Phi) is 53.3. The SMILES string of the molecule is CC/C=C\C/C=C\C/C=C\CCCCCCCCCCCC(=O)OCC(COC(=O)CCCCCCC/C=C\CCCC)OC(=O)CCCCCCCCC/C=C\CCCCCCCCCC. The zero-order chi connectivity index (χ0) is 48.6. The second kappa shape index (κ2) is 55.7. The molecule has 0 aromatic heterocycles. The van der Waals surface area contributed by atoms with Gasteiger partial charge in [-0.1, -0.05) is 236 Å². The molecular formula is C61H108O6. The molecule has 67 heavy (non-hydrogen) atoms. The third-order valence-corrected chi connectivity index (χ3v) is 12.5. The number of allylic oxidation sites excluding steroid dienone is 10. The van der Waals surface area contributed by atoms with Crippen LogP contribution >= 0.6 is 0 Å². The fourth-order valence-corrected chi connectivity index (χ4v) is 8.14. The first-order valence-electron chi connectivity index (χ1n) is 28.8. The first kappa shape index (κ1) is 64.1. The molecule has 6 nitrogen and oxygen atoms in total. The third kappa shape index (κ3) is 53.9. The molecule has 0 saturated heterocycles. The van der Waals surface area contributed by atoms with Crippen LogP contribution in [0.5, 0.6) is 0 Å². The van der Waals surface area contributed by atoms with Crippen molar-refractivity contribution in [2.45, 2.75) is 297 Å². The Balaban J connectivity index is 4.33. The molecule has 0 heterocycles. The van der Waals surface area contributed by atoms with Gasteiger partial charge in [0.25, 0.3) is 0 Å². The Bertz CT molecular complexity index is 1210. The molecule has 388 valence electrons. The van der Waals surface area contributed by atoms with E-state index in [-0.39, 0.29) is 31.1 Å². The van der Waals surface area contributed by atoms with Crippen LogP contribution in [0, 0.1) is 0 Å². The van der Waals surface area contributed by atoms with Crippen LogP contribution < -0.4 is 0 Å². The summed E-state index contributed by atoms with van der Waals surface area (Å²) >= 11 is 0. The topological polar surface area (TPSA) is 78.9 Å². The largest absolute Gasteiger partial charge is 0.462 e. The minimum absolute atomic E-state index is 0.0804. The number of hydrogen-bond donors (Lipinski definition) is 0. The van der Waals surface area contributed by atoms with Crippen molar-refractivity contribution >= 4 is 17.9 Å². The lowest BCUT2D eigenvalue weighted by molar-refractivity contribution is -0.167. The van der Waals surface area contributed by atoms with Gasteiger partial charge in [-0.3, -0.25) is 14.4 Å². The summed E-state index contributed by atoms with van der Waals surface area (Å²) in [5.74, 6) is -0.890. The van der Waals surface area contributed by atoms with Crippen molar-refractivity contribution in [3.05, 3.63) is 60.8 Å². The van der Waals surface area contributed by atoms with Crippen molar-refractivity contribution in [1.29, 1.82) is 0 Å². The molecule has 0 N–H and O–H groups in total. The van der Waals surface area contributed by atoms with Gasteiger partial charge in [0.2, 0.25) is 0 Å². The van der Waals surface area contributed by atoms with Crippen molar-refractivity contribution in [2.24, 2.45) is 0 Å². The highest BCUT2D eigenvalue weighted by Gasteiger charge is 2.19. The lowest BCUT2D eigenvalue weighted by Gasteiger charge is -2.18. The second-order valence-corrected chi connectivity index (χ2v) is 19.2. The first-order valence-corrected chi connectivity index (χ1v) is 28.8. The highest BCUT2D eigenvalue weighted by atomic mass is 16.6. The van der Waals surface area contributed by atoms with Gasteiger partial charge in [-0.2, -0.15) is 0 Å². The number of carbonyl (C=O) groups excluding carboxylic acids is 3. The minimum Gasteiger partial charge on any atom is -0.462 e. The van der Waals surface area contributed by atoms with Crippen LogP contribution in [0.1, 0.15) is 290 Å². The predicted octanol–water partition coefficient (Wildman–Crippen LogP) is 19.2. The minimum atomic E-state index is -0.781. The molecule has 0 spiro atoms. The van der Waals surface area contributed by atoms with Gasteiger partial charge in [0.15, 0.2) is 6.10 Å². The van der Waals surface area contributed by atoms with Crippen molar-refractivity contribution in [3.8, 4) is 0 Å². The van der Waals surface area contributed by atoms with E-state index in [1.807, 2.05) is 0 Å². The van der Waals surface area contributed by atoms with Gasteiger partial charge >= 0.3 is 17.9 Å². The van der Waals surface area contributed by atoms with Gasteiger partial charge in [0.1, 0.15) is 13.2 Å². The van der Waals surface area contributed by atoms with Gasteiger partial charge in [-0.05, 0) is 96.3 Å². The van der Waals surface area contributed by atoms with E-state index in [1.165, 1.54) is 167 Å². The van der Waals surface area contributed by atoms with E-state index in [1.54, 1.807) is 0 Å². The van der Waals surface area contributed by atoms with E-state index in [9.17, 15) is 14.4 Å². The molecule has 0 rings (SSSR count). The Labute approximate surface area is 415 Å². The molecular weight excluding hydrogens is 829 g/mol. The first-order chi connectivity index (χ1) is 33.0. The summed E-state index contributed by atoms with van der Waals surface area (Å²) < 4.78 is 16.8. The molecule has 0 amide bonds. The lowest BCUT2D eigenvalue weighted by atomic mass is 10.1. The van der Waals surface area contributed by atoms with Gasteiger partial charge in [0.05, 0.1) is 0 Å². The number of hydrogen-bond acceptors (Lipinski definition) is 6. The molecule has 0 bridgehead atoms. The Hall–Kier alpha value is -2.89. The average molecular weight is 938 g/mol. The number of rotatable bonds is 52. The lowest BCUT2D eigenvalue weighted by Crippen LogP contribution is -2.30. The maximum Gasteiger partial charge on any atom is 0.306 e. The summed E-state index contributed by atoms with van der Waals surface area (Å²) in [7, 11) is 0. The van der Waals surface area contributed by atoms with E-state index >= 15 is 0 Å². The van der Waals surface area contributed by atoms with Crippen LogP contribution in [0.25, 0.3) is 0 Å². The smallest absolute Gasteiger partial charge is 0.306 e. The zero-order valence-corrected chi connectivity index (χ0v) is 44.4. The maximum atomic E-state index is 12.9. The van der Waals surface area contributed by atoms with Crippen LogP contribution in [0.3, 0.4) is 0 Å². The summed E-state index contributed by atoms with van der Waals surface area (Å²) in [5.41, 5.74) is 0. The third-order valence-electron chi connectivity index (χ3n) is 12.5. The number of carbonyl (C=O) groups is 3. The summed E-state index contributed by atoms with van der Waals surface area (Å²) in [5, 5.41) is 0. The molecule has 0 aromatic rings. The van der Waals surface area contributed by atoms with E-state index in [2.05, 4.69) is 81.5 Å². The molecule has 6 heteroatoms. The standard InChI is InChI=1S/C61H108O6/c1-4-7-10-13-16-19-22-24-26-28-30-32-34-36-39-42-45-48-51-54-60(63)66-57-58(56-65-59(62)53-50-47-44-41-38-21-18-15-12-9-6-3)67-61(64)55-52-49-46-43-40-37-35-33-31-29-27-25-23-20-17-14-11-8-5-2/h7,10,15-16,18-19,24,26,29,31,58H,4-6,8-9,11-14,17,20-23,25,27-28,30,32-57H2,1-3H3/b10-7-,18-15-,19-16-,26-24-,31-29-. The van der Waals surface area contributed by atoms with Crippen molar-refractivity contribution in [2.75, 3.05) is 13.2 Å². The number of ether oxygens (including phenoxy) is 3. The van der Waals surface area contributed by atoms with Crippen LogP contribution in [0.2, 0.25) is 0 Å². The molecule has 1 unspecified atom stereocenters. The highest BCUT2D eigenvalue weighted by Crippen LogP contribution is 2.15. The molecule has 0 fully saturated rings. The fraction of sp³-hybridized carbons (Fsp3) is 0.787. The molecule has 0 saturated carbocycles. The summed E-state index contributed by atoms with van der Waals surface area (Å²) in [4.78, 5) is 38.1. The van der Waals surface area contributed by atoms with Crippen LogP contribution in [-0.4, -0.2) is 37.2 Å². The normalized spacial score (nSPS) is 12.5. The summed E-state index contributed by atoms with van der Waals surface area (Å²) in [6.07, 6.45) is 69.3. The van der Waals surface area contributed by atoms with E-state index in [4.69, 9.17) is 14.2 Å². The van der Waals surface area contributed by atoms with Crippen LogP contribution in [0.15, 0.2) is 60.8 Å². The van der Waals surface area contributed by atoms with Crippen LogP contribution in [-0.2, 0) is 28.6 Å². The molecule has 0 aromatic carbocycles. The zero-order valence-electron chi connectivity index (χ0n) is 44.4. The number of unbranched alkanes of at least 4 members (excludes halogenated alkanes) is 31. The van der Waals surface area contributed by atoms with Crippen molar-refractivity contribution in [3.63, 3.8) is 0 Å². The number of esters is 3. The molecule has 0 radical (unpaired) electrons. The Morgan fingerprint density at radius 2 is 0.597 bits per heavy atom. The predicted molar refractivity (Wildman–Crippen MR) is 288 cm³/mol. The Morgan fingerprint density at radius 3 is 0.970 bits per heavy atom. The highest BCUT2D eigenvalue weighted by molar-refractivity contribution is 5.71. The maximum absolute atomic E-state index is 12.9. The molecule has 0 aliphatic rings. The van der Waals surface area contributed by atoms with Crippen LogP contribution in [0.4, 0.5) is 0 Å². The quantitative estimate of drug-likeness (QED) is 0.0262. The van der Waals surface area contributed by atoms with E-state index in [0.717, 1.165) is 83.5 Å². The average Bonchev–Trinajstić information content (AvgIpc) is 3.33. The van der Waals surface area contributed by atoms with E-state index < -0.39 is 6.10 Å². The monoisotopic (exact) mass is 937 g/mol. The van der Waals surface area contributed by atoms with Gasteiger partial charge < -0.3 is 14.2 Å². The van der Waals surface area contributed by atoms with Gasteiger partial charge in [0, 0.05) is 19.3 Å². The molecule has 0 aliphatic carbocycles. The summed E-state index contributed by atoms with van der Waals surface area (Å²) in [6, 6.07) is 0. The van der Waals surface area contributed by atoms with E-state index in [0.29, 0.717) is 19.3 Å². The van der Waals surface area contributed by atoms with Crippen molar-refractivity contribution < 1.29 is 28.6 Å². The Morgan fingerprint density at radius 1 is 0.313 bits per heavy atom. The molecule has 1 atom stereocenters. The van der Waals surface area contributed by atoms with Gasteiger partial charge in [-0.25, -0.2) is 0 Å². The van der Waals surface area contributed by atoms with Gasteiger partial charge in [-0.15, -0.1) is 0 Å². The fourth-order valence-electron chi connectivity index (χ4n) is 8.14.